The van der Waals surface area contributed by atoms with Gasteiger partial charge in [0.1, 0.15) is 5.82 Å². The van der Waals surface area contributed by atoms with E-state index >= 15 is 0 Å². The first-order valence-corrected chi connectivity index (χ1v) is 6.03. The lowest BCUT2D eigenvalue weighted by molar-refractivity contribution is 0.565. The van der Waals surface area contributed by atoms with Gasteiger partial charge in [-0.1, -0.05) is 20.8 Å². The Hall–Kier alpha value is -1.36. The molecule has 0 amide bonds. The molecule has 17 heavy (non-hydrogen) atoms. The van der Waals surface area contributed by atoms with Gasteiger partial charge in [-0.3, -0.25) is 0 Å². The van der Waals surface area contributed by atoms with Crippen molar-refractivity contribution in [3.05, 3.63) is 11.8 Å². The largest absolute Gasteiger partial charge is 0.341 e. The lowest BCUT2D eigenvalue weighted by atomic mass is 9.92. The van der Waals surface area contributed by atoms with Crippen LogP contribution in [0.3, 0.4) is 0 Å². The fourth-order valence-corrected chi connectivity index (χ4v) is 1.54. The molecule has 0 saturated carbocycles. The zero-order chi connectivity index (χ0) is 13.1. The van der Waals surface area contributed by atoms with E-state index in [1.54, 1.807) is 0 Å². The normalized spacial score (nSPS) is 11.4. The van der Waals surface area contributed by atoms with Gasteiger partial charge in [-0.2, -0.15) is 4.98 Å². The summed E-state index contributed by atoms with van der Waals surface area (Å²) in [6.07, 6.45) is 0. The third-order valence-corrected chi connectivity index (χ3v) is 2.68. The van der Waals surface area contributed by atoms with Crippen LogP contribution in [0.1, 0.15) is 40.3 Å². The maximum absolute atomic E-state index is 5.46. The predicted octanol–water partition coefficient (Wildman–Crippen LogP) is 1.91. The van der Waals surface area contributed by atoms with Gasteiger partial charge in [0, 0.05) is 24.6 Å². The highest BCUT2D eigenvalue weighted by atomic mass is 15.3. The minimum absolute atomic E-state index is 0.0174. The van der Waals surface area contributed by atoms with Gasteiger partial charge in [-0.15, -0.1) is 0 Å². The molecule has 0 saturated heterocycles. The third kappa shape index (κ3) is 3.30. The number of nitrogens with two attached hydrogens (primary N) is 1. The Balaban J connectivity index is 3.22. The molecule has 5 heteroatoms. The Labute approximate surface area is 103 Å². The van der Waals surface area contributed by atoms with Crippen LogP contribution in [0.15, 0.2) is 6.07 Å². The summed E-state index contributed by atoms with van der Waals surface area (Å²) in [5.41, 5.74) is 3.58. The average molecular weight is 237 g/mol. The summed E-state index contributed by atoms with van der Waals surface area (Å²) in [5.74, 6) is 6.85. The van der Waals surface area contributed by atoms with Crippen molar-refractivity contribution in [1.82, 2.24) is 9.97 Å². The summed E-state index contributed by atoms with van der Waals surface area (Å²) in [6.45, 7) is 12.3. The maximum atomic E-state index is 5.46. The molecule has 0 radical (unpaired) electrons. The van der Waals surface area contributed by atoms with Gasteiger partial charge in [0.15, 0.2) is 0 Å². The van der Waals surface area contributed by atoms with Crippen molar-refractivity contribution < 1.29 is 0 Å². The average Bonchev–Trinajstić information content (AvgIpc) is 2.29. The fourth-order valence-electron chi connectivity index (χ4n) is 1.54. The van der Waals surface area contributed by atoms with E-state index in [2.05, 4.69) is 54.9 Å². The number of hydrogen-bond donors (Lipinski definition) is 2. The molecule has 96 valence electrons. The standard InChI is InChI=1S/C12H23N5/c1-6-17(7-2)11-14-9(12(3,4)5)8-10(15-11)16-13/h8H,6-7,13H2,1-5H3,(H,14,15,16). The molecule has 0 atom stereocenters. The van der Waals surface area contributed by atoms with Crippen LogP contribution in [0.25, 0.3) is 0 Å². The van der Waals surface area contributed by atoms with Crippen LogP contribution in [0.5, 0.6) is 0 Å². The number of hydrogen-bond acceptors (Lipinski definition) is 5. The van der Waals surface area contributed by atoms with Crippen LogP contribution in [0.2, 0.25) is 0 Å². The molecule has 0 bridgehead atoms. The van der Waals surface area contributed by atoms with Gasteiger partial charge >= 0.3 is 0 Å². The molecular weight excluding hydrogens is 214 g/mol. The van der Waals surface area contributed by atoms with Crippen LogP contribution in [0, 0.1) is 0 Å². The minimum atomic E-state index is -0.0174. The van der Waals surface area contributed by atoms with Crippen LogP contribution in [-0.4, -0.2) is 23.1 Å². The monoisotopic (exact) mass is 237 g/mol. The predicted molar refractivity (Wildman–Crippen MR) is 72.1 cm³/mol. The Kier molecular flexibility index (Phi) is 4.28. The molecule has 0 aromatic carbocycles. The van der Waals surface area contributed by atoms with E-state index < -0.39 is 0 Å². The summed E-state index contributed by atoms with van der Waals surface area (Å²) in [6, 6.07) is 1.90. The summed E-state index contributed by atoms with van der Waals surface area (Å²) >= 11 is 0. The Morgan fingerprint density at radius 3 is 2.24 bits per heavy atom. The van der Waals surface area contributed by atoms with E-state index in [0.29, 0.717) is 5.82 Å². The highest BCUT2D eigenvalue weighted by Gasteiger charge is 2.19. The van der Waals surface area contributed by atoms with E-state index in [1.807, 2.05) is 6.07 Å². The summed E-state index contributed by atoms with van der Waals surface area (Å²) in [5, 5.41) is 0. The number of nitrogens with one attached hydrogen (secondary N) is 1. The molecule has 1 aromatic heterocycles. The van der Waals surface area contributed by atoms with Gasteiger partial charge in [0.2, 0.25) is 5.95 Å². The number of hydrazine groups is 1. The smallest absolute Gasteiger partial charge is 0.227 e. The van der Waals surface area contributed by atoms with E-state index in [4.69, 9.17) is 5.84 Å². The molecule has 0 aliphatic heterocycles. The Morgan fingerprint density at radius 1 is 1.24 bits per heavy atom. The van der Waals surface area contributed by atoms with Gasteiger partial charge in [-0.25, -0.2) is 10.8 Å². The molecule has 0 aliphatic rings. The van der Waals surface area contributed by atoms with E-state index in [-0.39, 0.29) is 5.41 Å². The lowest BCUT2D eigenvalue weighted by Crippen LogP contribution is -2.27. The second kappa shape index (κ2) is 5.31. The van der Waals surface area contributed by atoms with Crippen molar-refractivity contribution in [2.75, 3.05) is 23.4 Å². The van der Waals surface area contributed by atoms with Crippen molar-refractivity contribution in [2.45, 2.75) is 40.0 Å². The van der Waals surface area contributed by atoms with Crippen LogP contribution in [0.4, 0.5) is 11.8 Å². The van der Waals surface area contributed by atoms with Gasteiger partial charge in [-0.05, 0) is 13.8 Å². The molecule has 3 N–H and O–H groups in total. The van der Waals surface area contributed by atoms with Crippen LogP contribution >= 0.6 is 0 Å². The number of rotatable bonds is 4. The highest BCUT2D eigenvalue weighted by Crippen LogP contribution is 2.24. The van der Waals surface area contributed by atoms with E-state index in [0.717, 1.165) is 24.7 Å². The summed E-state index contributed by atoms with van der Waals surface area (Å²) in [7, 11) is 0. The number of anilines is 2. The van der Waals surface area contributed by atoms with Crippen molar-refractivity contribution in [2.24, 2.45) is 5.84 Å². The zero-order valence-electron chi connectivity index (χ0n) is 11.4. The SMILES string of the molecule is CCN(CC)c1nc(NN)cc(C(C)(C)C)n1. The van der Waals surface area contributed by atoms with Crippen molar-refractivity contribution in [3.63, 3.8) is 0 Å². The number of aromatic nitrogens is 2. The summed E-state index contributed by atoms with van der Waals surface area (Å²) in [4.78, 5) is 11.1. The maximum Gasteiger partial charge on any atom is 0.227 e. The Morgan fingerprint density at radius 2 is 1.82 bits per heavy atom. The zero-order valence-corrected chi connectivity index (χ0v) is 11.4. The van der Waals surface area contributed by atoms with Crippen molar-refractivity contribution in [3.8, 4) is 0 Å². The van der Waals surface area contributed by atoms with Crippen molar-refractivity contribution in [1.29, 1.82) is 0 Å². The molecule has 1 heterocycles. The third-order valence-electron chi connectivity index (χ3n) is 2.68. The molecule has 1 aromatic rings. The molecular formula is C12H23N5. The highest BCUT2D eigenvalue weighted by molar-refractivity contribution is 5.44. The molecule has 0 fully saturated rings. The van der Waals surface area contributed by atoms with Gasteiger partial charge in [0.05, 0.1) is 5.69 Å². The first-order valence-electron chi connectivity index (χ1n) is 6.03. The van der Waals surface area contributed by atoms with E-state index in [9.17, 15) is 0 Å². The topological polar surface area (TPSA) is 67.1 Å². The quantitative estimate of drug-likeness (QED) is 0.618. The molecule has 1 rings (SSSR count). The molecule has 0 spiro atoms. The van der Waals surface area contributed by atoms with Crippen LogP contribution < -0.4 is 16.2 Å². The summed E-state index contributed by atoms with van der Waals surface area (Å²) < 4.78 is 0. The lowest BCUT2D eigenvalue weighted by Gasteiger charge is -2.23. The fraction of sp³-hybridized carbons (Fsp3) is 0.667. The van der Waals surface area contributed by atoms with E-state index in [1.165, 1.54) is 0 Å². The second-order valence-corrected chi connectivity index (χ2v) is 5.01. The molecule has 5 nitrogen and oxygen atoms in total. The van der Waals surface area contributed by atoms with Gasteiger partial charge < -0.3 is 10.3 Å². The molecule has 0 unspecified atom stereocenters. The number of nitrogen functional groups attached to an aromatic ring is 1. The van der Waals surface area contributed by atoms with Gasteiger partial charge in [0.25, 0.3) is 0 Å². The first-order chi connectivity index (χ1) is 7.92. The van der Waals surface area contributed by atoms with Crippen LogP contribution in [-0.2, 0) is 5.41 Å². The minimum Gasteiger partial charge on any atom is -0.341 e. The first kappa shape index (κ1) is 13.7. The Bertz CT molecular complexity index is 366. The second-order valence-electron chi connectivity index (χ2n) is 5.01. The molecule has 0 aliphatic carbocycles. The number of nitrogens with zero attached hydrogens (tertiary/aromatic N) is 3. The van der Waals surface area contributed by atoms with Crippen molar-refractivity contribution >= 4 is 11.8 Å².